The first-order valence-corrected chi connectivity index (χ1v) is 12.2. The van der Waals surface area contributed by atoms with Gasteiger partial charge in [0.25, 0.3) is 5.91 Å². The third-order valence-corrected chi connectivity index (χ3v) is 6.83. The van der Waals surface area contributed by atoms with Gasteiger partial charge in [0.05, 0.1) is 12.5 Å². The van der Waals surface area contributed by atoms with Crippen molar-refractivity contribution < 1.29 is 9.53 Å². The highest BCUT2D eigenvalue weighted by molar-refractivity contribution is 6.30. The maximum absolute atomic E-state index is 13.3. The molecular formula is C27H28ClN5O2. The first-order valence-electron chi connectivity index (χ1n) is 11.8. The minimum absolute atomic E-state index is 0.156. The molecule has 1 N–H and O–H groups in total. The third kappa shape index (κ3) is 4.44. The standard InChI is InChI=1S/C27H28ClN5O2/c1-17-18(2)33(21-10-7-9-20(28)15-21)26-23(17)25(32-12-4-5-13-32)30-24(31-26)27(34)29-16-19-8-6-11-22(14-19)35-3/h6-11,14-15H,4-5,12-13,16H2,1-3H3,(H,29,34). The molecule has 0 spiro atoms. The van der Waals surface area contributed by atoms with Gasteiger partial charge in [-0.3, -0.25) is 9.36 Å². The first-order chi connectivity index (χ1) is 17.0. The minimum Gasteiger partial charge on any atom is -0.497 e. The number of aryl methyl sites for hydroxylation is 1. The van der Waals surface area contributed by atoms with Crippen LogP contribution in [0.4, 0.5) is 5.82 Å². The van der Waals surface area contributed by atoms with Crippen LogP contribution in [-0.4, -0.2) is 40.6 Å². The minimum atomic E-state index is -0.315. The lowest BCUT2D eigenvalue weighted by Gasteiger charge is -2.19. The molecule has 0 saturated carbocycles. The van der Waals surface area contributed by atoms with E-state index >= 15 is 0 Å². The molecule has 7 nitrogen and oxygen atoms in total. The number of amides is 1. The van der Waals surface area contributed by atoms with Gasteiger partial charge in [0.15, 0.2) is 5.65 Å². The topological polar surface area (TPSA) is 72.3 Å². The number of hydrogen-bond donors (Lipinski definition) is 1. The number of hydrogen-bond acceptors (Lipinski definition) is 5. The number of carbonyl (C=O) groups excluding carboxylic acids is 1. The van der Waals surface area contributed by atoms with Crippen molar-refractivity contribution in [3.05, 3.63) is 76.2 Å². The van der Waals surface area contributed by atoms with Gasteiger partial charge in [-0.15, -0.1) is 0 Å². The average molecular weight is 490 g/mol. The van der Waals surface area contributed by atoms with Crippen molar-refractivity contribution in [1.29, 1.82) is 0 Å². The Labute approximate surface area is 209 Å². The second-order valence-electron chi connectivity index (χ2n) is 8.82. The van der Waals surface area contributed by atoms with Crippen LogP contribution in [0.5, 0.6) is 5.75 Å². The van der Waals surface area contributed by atoms with Crippen LogP contribution >= 0.6 is 11.6 Å². The highest BCUT2D eigenvalue weighted by Gasteiger charge is 2.26. The summed E-state index contributed by atoms with van der Waals surface area (Å²) in [5, 5.41) is 4.60. The number of nitrogens with one attached hydrogen (secondary N) is 1. The molecule has 1 saturated heterocycles. The molecule has 8 heteroatoms. The molecular weight excluding hydrogens is 462 g/mol. The second kappa shape index (κ2) is 9.58. The van der Waals surface area contributed by atoms with Gasteiger partial charge in [-0.1, -0.05) is 29.8 Å². The third-order valence-electron chi connectivity index (χ3n) is 6.60. The van der Waals surface area contributed by atoms with Crippen molar-refractivity contribution >= 4 is 34.4 Å². The van der Waals surface area contributed by atoms with Crippen LogP contribution in [0.25, 0.3) is 16.7 Å². The van der Waals surface area contributed by atoms with Crippen molar-refractivity contribution in [2.24, 2.45) is 0 Å². The smallest absolute Gasteiger partial charge is 0.289 e. The second-order valence-corrected chi connectivity index (χ2v) is 9.26. The van der Waals surface area contributed by atoms with E-state index in [1.165, 1.54) is 0 Å². The van der Waals surface area contributed by atoms with Gasteiger partial charge < -0.3 is 15.0 Å². The summed E-state index contributed by atoms with van der Waals surface area (Å²) >= 11 is 6.32. The molecule has 2 aromatic heterocycles. The number of nitrogens with zero attached hydrogens (tertiary/aromatic N) is 4. The Balaban J connectivity index is 1.60. The fourth-order valence-electron chi connectivity index (χ4n) is 4.68. The van der Waals surface area contributed by atoms with E-state index < -0.39 is 0 Å². The van der Waals surface area contributed by atoms with E-state index in [9.17, 15) is 4.79 Å². The summed E-state index contributed by atoms with van der Waals surface area (Å²) in [4.78, 5) is 25.1. The van der Waals surface area contributed by atoms with Crippen LogP contribution in [0.2, 0.25) is 5.02 Å². The van der Waals surface area contributed by atoms with E-state index in [-0.39, 0.29) is 11.7 Å². The molecule has 1 amide bonds. The van der Waals surface area contributed by atoms with Gasteiger partial charge in [-0.05, 0) is 68.1 Å². The van der Waals surface area contributed by atoms with Gasteiger partial charge in [-0.25, -0.2) is 9.97 Å². The predicted molar refractivity (Wildman–Crippen MR) is 139 cm³/mol. The summed E-state index contributed by atoms with van der Waals surface area (Å²) in [5.41, 5.74) is 4.70. The van der Waals surface area contributed by atoms with Crippen LogP contribution in [0, 0.1) is 13.8 Å². The Morgan fingerprint density at radius 2 is 1.86 bits per heavy atom. The lowest BCUT2D eigenvalue weighted by molar-refractivity contribution is 0.0941. The highest BCUT2D eigenvalue weighted by Crippen LogP contribution is 2.35. The zero-order valence-corrected chi connectivity index (χ0v) is 20.9. The molecule has 5 rings (SSSR count). The number of benzene rings is 2. The van der Waals surface area contributed by atoms with E-state index in [1.807, 2.05) is 48.5 Å². The van der Waals surface area contributed by atoms with E-state index in [0.717, 1.165) is 65.4 Å². The van der Waals surface area contributed by atoms with Gasteiger partial charge in [0.1, 0.15) is 11.6 Å². The Morgan fingerprint density at radius 3 is 2.60 bits per heavy atom. The summed E-state index contributed by atoms with van der Waals surface area (Å²) in [5.74, 6) is 1.41. The van der Waals surface area contributed by atoms with Crippen LogP contribution in [0.3, 0.4) is 0 Å². The summed E-state index contributed by atoms with van der Waals surface area (Å²) in [6.45, 7) is 6.33. The number of fused-ring (bicyclic) bond motifs is 1. The molecule has 2 aromatic carbocycles. The first kappa shape index (κ1) is 23.2. The molecule has 0 radical (unpaired) electrons. The molecule has 1 fully saturated rings. The molecule has 0 atom stereocenters. The summed E-state index contributed by atoms with van der Waals surface area (Å²) < 4.78 is 7.36. The Morgan fingerprint density at radius 1 is 1.09 bits per heavy atom. The number of aromatic nitrogens is 3. The average Bonchev–Trinajstić information content (AvgIpc) is 3.49. The summed E-state index contributed by atoms with van der Waals surface area (Å²) in [6.07, 6.45) is 2.21. The molecule has 0 unspecified atom stereocenters. The van der Waals surface area contributed by atoms with Crippen molar-refractivity contribution in [3.63, 3.8) is 0 Å². The Bertz CT molecular complexity index is 1410. The van der Waals surface area contributed by atoms with E-state index in [0.29, 0.717) is 17.2 Å². The zero-order valence-electron chi connectivity index (χ0n) is 20.1. The fourth-order valence-corrected chi connectivity index (χ4v) is 4.86. The SMILES string of the molecule is COc1cccc(CNC(=O)c2nc(N3CCCC3)c3c(C)c(C)n(-c4cccc(Cl)c4)c3n2)c1. The van der Waals surface area contributed by atoms with Gasteiger partial charge in [0, 0.05) is 36.0 Å². The Kier molecular flexibility index (Phi) is 6.34. The number of anilines is 1. The summed E-state index contributed by atoms with van der Waals surface area (Å²) in [7, 11) is 1.62. The van der Waals surface area contributed by atoms with E-state index in [2.05, 4.69) is 28.6 Å². The summed E-state index contributed by atoms with van der Waals surface area (Å²) in [6, 6.07) is 15.3. The zero-order chi connectivity index (χ0) is 24.5. The van der Waals surface area contributed by atoms with Crippen molar-refractivity contribution in [2.75, 3.05) is 25.1 Å². The molecule has 0 bridgehead atoms. The lowest BCUT2D eigenvalue weighted by atomic mass is 10.2. The maximum Gasteiger partial charge on any atom is 0.289 e. The quantitative estimate of drug-likeness (QED) is 0.401. The highest BCUT2D eigenvalue weighted by atomic mass is 35.5. The monoisotopic (exact) mass is 489 g/mol. The number of ether oxygens (including phenoxy) is 1. The van der Waals surface area contributed by atoms with Crippen LogP contribution in [0.1, 0.15) is 40.3 Å². The molecule has 3 heterocycles. The Hall–Kier alpha value is -3.58. The van der Waals surface area contributed by atoms with Crippen LogP contribution in [-0.2, 0) is 6.54 Å². The van der Waals surface area contributed by atoms with Crippen LogP contribution < -0.4 is 15.0 Å². The van der Waals surface area contributed by atoms with Gasteiger partial charge in [-0.2, -0.15) is 0 Å². The normalized spacial score (nSPS) is 13.4. The lowest BCUT2D eigenvalue weighted by Crippen LogP contribution is -2.27. The van der Waals surface area contributed by atoms with E-state index in [1.54, 1.807) is 7.11 Å². The molecule has 1 aliphatic rings. The number of carbonyl (C=O) groups is 1. The van der Waals surface area contributed by atoms with E-state index in [4.69, 9.17) is 26.3 Å². The van der Waals surface area contributed by atoms with Crippen LogP contribution in [0.15, 0.2) is 48.5 Å². The largest absolute Gasteiger partial charge is 0.497 e. The van der Waals surface area contributed by atoms with Gasteiger partial charge in [0.2, 0.25) is 5.82 Å². The van der Waals surface area contributed by atoms with Gasteiger partial charge >= 0.3 is 0 Å². The fraction of sp³-hybridized carbons (Fsp3) is 0.296. The molecule has 1 aliphatic heterocycles. The number of halogens is 1. The predicted octanol–water partition coefficient (Wildman–Crippen LogP) is 5.23. The molecule has 35 heavy (non-hydrogen) atoms. The van der Waals surface area contributed by atoms with Crippen molar-refractivity contribution in [1.82, 2.24) is 19.9 Å². The van der Waals surface area contributed by atoms with Crippen molar-refractivity contribution in [2.45, 2.75) is 33.2 Å². The van der Waals surface area contributed by atoms with Crippen molar-refractivity contribution in [3.8, 4) is 11.4 Å². The number of methoxy groups -OCH3 is 1. The molecule has 0 aliphatic carbocycles. The molecule has 4 aromatic rings. The molecule has 180 valence electrons. The maximum atomic E-state index is 13.3. The number of rotatable bonds is 6.